The van der Waals surface area contributed by atoms with Crippen LogP contribution in [0.15, 0.2) is 53.5 Å². The maximum Gasteiger partial charge on any atom is 0.279 e. The van der Waals surface area contributed by atoms with E-state index in [0.29, 0.717) is 47.8 Å². The highest BCUT2D eigenvalue weighted by Crippen LogP contribution is 2.42. The van der Waals surface area contributed by atoms with Crippen LogP contribution >= 0.6 is 23.2 Å². The molecule has 44 heavy (non-hydrogen) atoms. The lowest BCUT2D eigenvalue weighted by Crippen LogP contribution is -2.46. The number of ether oxygens (including phenoxy) is 2. The van der Waals surface area contributed by atoms with Gasteiger partial charge >= 0.3 is 0 Å². The molecular formula is C31H30Cl2FN5O5. The molecule has 0 unspecified atom stereocenters. The molecule has 0 radical (unpaired) electrons. The van der Waals surface area contributed by atoms with Gasteiger partial charge in [0.1, 0.15) is 11.4 Å². The molecule has 1 saturated heterocycles. The first-order valence-electron chi connectivity index (χ1n) is 13.7. The normalized spacial score (nSPS) is 16.5. The van der Waals surface area contributed by atoms with Gasteiger partial charge in [0, 0.05) is 48.5 Å². The Bertz CT molecular complexity index is 1780. The van der Waals surface area contributed by atoms with E-state index in [9.17, 15) is 19.1 Å². The van der Waals surface area contributed by atoms with E-state index in [1.807, 2.05) is 6.07 Å². The number of aromatic nitrogens is 3. The van der Waals surface area contributed by atoms with Crippen LogP contribution in [0.3, 0.4) is 0 Å². The largest absolute Gasteiger partial charge is 0.481 e. The third-order valence-electron chi connectivity index (χ3n) is 7.42. The molecule has 0 saturated carbocycles. The van der Waals surface area contributed by atoms with E-state index < -0.39 is 23.4 Å². The van der Waals surface area contributed by atoms with Gasteiger partial charge in [0.05, 0.1) is 47.4 Å². The highest BCUT2D eigenvalue weighted by molar-refractivity contribution is 6.39. The van der Waals surface area contributed by atoms with Crippen molar-refractivity contribution < 1.29 is 23.8 Å². The quantitative estimate of drug-likeness (QED) is 0.251. The smallest absolute Gasteiger partial charge is 0.279 e. The second kappa shape index (κ2) is 13.4. The lowest BCUT2D eigenvalue weighted by molar-refractivity contribution is -0.0281. The molecule has 0 spiro atoms. The van der Waals surface area contributed by atoms with Crippen molar-refractivity contribution in [2.45, 2.75) is 32.0 Å². The number of nitrogens with one attached hydrogen (secondary N) is 2. The molecule has 5 rings (SSSR count). The topological polar surface area (TPSA) is 128 Å². The molecule has 1 amide bonds. The Morgan fingerprint density at radius 2 is 1.95 bits per heavy atom. The summed E-state index contributed by atoms with van der Waals surface area (Å²) in [6, 6.07) is 11.0. The lowest BCUT2D eigenvalue weighted by Gasteiger charge is -2.28. The van der Waals surface area contributed by atoms with Gasteiger partial charge in [0.2, 0.25) is 5.88 Å². The van der Waals surface area contributed by atoms with Crippen molar-refractivity contribution in [1.82, 2.24) is 20.1 Å². The molecule has 10 nitrogen and oxygen atoms in total. The second-order valence-corrected chi connectivity index (χ2v) is 11.1. The number of halogens is 3. The number of nitrogens with zero attached hydrogens (tertiary/aromatic N) is 3. The molecule has 13 heteroatoms. The first kappa shape index (κ1) is 31.6. The van der Waals surface area contributed by atoms with E-state index in [1.165, 1.54) is 26.4 Å². The zero-order valence-corrected chi connectivity index (χ0v) is 25.7. The van der Waals surface area contributed by atoms with Gasteiger partial charge in [-0.15, -0.1) is 0 Å². The van der Waals surface area contributed by atoms with Crippen LogP contribution < -0.4 is 20.9 Å². The number of aliphatic hydroxyl groups excluding tert-OH is 1. The van der Waals surface area contributed by atoms with Crippen molar-refractivity contribution in [1.29, 1.82) is 0 Å². The third kappa shape index (κ3) is 6.47. The zero-order chi connectivity index (χ0) is 31.5. The van der Waals surface area contributed by atoms with E-state index in [4.69, 9.17) is 32.7 Å². The predicted molar refractivity (Wildman–Crippen MR) is 166 cm³/mol. The number of benzene rings is 2. The number of hydrogen-bond acceptors (Lipinski definition) is 8. The fourth-order valence-corrected chi connectivity index (χ4v) is 5.61. The standard InChI is InChI=1S/C31H30Cl2FN5O5/c1-16-13-36-39(2)31(42)26(16)29(41)37-24-12-18(34)11-21(28(24)33)19-5-4-6-20(27(19)32)22-8-7-17(30(38-22)43-3)14-35-23-9-10-44-15-25(23)40/h4-8,11-13,23,25,35,40H,9-10,14-15H2,1-3H3,(H,37,41)/t23-,25+/m1/s1. The van der Waals surface area contributed by atoms with Gasteiger partial charge in [-0.05, 0) is 37.1 Å². The number of carbonyl (C=O) groups excluding carboxylic acids is 1. The zero-order valence-electron chi connectivity index (χ0n) is 24.2. The first-order chi connectivity index (χ1) is 21.1. The Balaban J connectivity index is 1.45. The van der Waals surface area contributed by atoms with Gasteiger partial charge < -0.3 is 25.2 Å². The van der Waals surface area contributed by atoms with Crippen LogP contribution in [0.5, 0.6) is 5.88 Å². The lowest BCUT2D eigenvalue weighted by atomic mass is 9.99. The third-order valence-corrected chi connectivity index (χ3v) is 8.23. The summed E-state index contributed by atoms with van der Waals surface area (Å²) in [5, 5.41) is 20.3. The van der Waals surface area contributed by atoms with Crippen molar-refractivity contribution in [3.8, 4) is 28.3 Å². The summed E-state index contributed by atoms with van der Waals surface area (Å²) in [5.74, 6) is -1.04. The van der Waals surface area contributed by atoms with Crippen LogP contribution in [0.4, 0.5) is 10.1 Å². The molecule has 1 aliphatic heterocycles. The number of amides is 1. The Hall–Kier alpha value is -3.87. The fourth-order valence-electron chi connectivity index (χ4n) is 5.03. The number of pyridine rings is 1. The monoisotopic (exact) mass is 641 g/mol. The maximum absolute atomic E-state index is 14.9. The van der Waals surface area contributed by atoms with Crippen LogP contribution in [0.2, 0.25) is 10.0 Å². The van der Waals surface area contributed by atoms with Crippen molar-refractivity contribution in [2.75, 3.05) is 25.6 Å². The summed E-state index contributed by atoms with van der Waals surface area (Å²) in [5.41, 5.74) is 2.07. The van der Waals surface area contributed by atoms with E-state index in [0.717, 1.165) is 16.3 Å². The van der Waals surface area contributed by atoms with Crippen LogP contribution in [0.25, 0.3) is 22.4 Å². The summed E-state index contributed by atoms with van der Waals surface area (Å²) < 4.78 is 26.8. The van der Waals surface area contributed by atoms with Crippen LogP contribution in [-0.4, -0.2) is 58.2 Å². The molecular weight excluding hydrogens is 612 g/mol. The number of aryl methyl sites for hydroxylation is 2. The molecule has 4 aromatic rings. The fraction of sp³-hybridized carbons (Fsp3) is 0.290. The predicted octanol–water partition coefficient (Wildman–Crippen LogP) is 4.76. The molecule has 1 fully saturated rings. The molecule has 2 aromatic heterocycles. The van der Waals surface area contributed by atoms with Gasteiger partial charge in [0.25, 0.3) is 11.5 Å². The highest BCUT2D eigenvalue weighted by atomic mass is 35.5. The number of carbonyl (C=O) groups is 1. The Kier molecular flexibility index (Phi) is 9.62. The Labute approximate surface area is 262 Å². The molecule has 0 aliphatic carbocycles. The first-order valence-corrected chi connectivity index (χ1v) is 14.5. The Morgan fingerprint density at radius 1 is 1.18 bits per heavy atom. The molecule has 3 N–H and O–H groups in total. The molecule has 1 aliphatic rings. The van der Waals surface area contributed by atoms with Crippen molar-refractivity contribution in [3.63, 3.8) is 0 Å². The SMILES string of the molecule is COc1nc(-c2cccc(-c3cc(F)cc(NC(=O)c4c(C)cnn(C)c4=O)c3Cl)c2Cl)ccc1CN[C@@H]1CCOC[C@@H]1O. The minimum Gasteiger partial charge on any atom is -0.481 e. The highest BCUT2D eigenvalue weighted by Gasteiger charge is 2.24. The minimum atomic E-state index is -0.749. The summed E-state index contributed by atoms with van der Waals surface area (Å²) in [6.45, 7) is 2.86. The van der Waals surface area contributed by atoms with Gasteiger partial charge in [-0.25, -0.2) is 14.1 Å². The van der Waals surface area contributed by atoms with Crippen molar-refractivity contribution >= 4 is 34.8 Å². The average molecular weight is 643 g/mol. The van der Waals surface area contributed by atoms with E-state index in [2.05, 4.69) is 20.7 Å². The van der Waals surface area contributed by atoms with Gasteiger partial charge in [-0.1, -0.05) is 47.5 Å². The van der Waals surface area contributed by atoms with Gasteiger partial charge in [0.15, 0.2) is 0 Å². The van der Waals surface area contributed by atoms with Crippen LogP contribution in [0.1, 0.15) is 27.9 Å². The van der Waals surface area contributed by atoms with Crippen molar-refractivity contribution in [2.24, 2.45) is 7.05 Å². The number of hydrogen-bond donors (Lipinski definition) is 3. The van der Waals surface area contributed by atoms with Crippen molar-refractivity contribution in [3.05, 3.63) is 91.6 Å². The molecule has 2 aromatic carbocycles. The summed E-state index contributed by atoms with van der Waals surface area (Å²) in [4.78, 5) is 30.3. The van der Waals surface area contributed by atoms with E-state index in [1.54, 1.807) is 31.2 Å². The summed E-state index contributed by atoms with van der Waals surface area (Å²) >= 11 is 13.6. The summed E-state index contributed by atoms with van der Waals surface area (Å²) in [6.07, 6.45) is 1.48. The average Bonchev–Trinajstić information content (AvgIpc) is 3.00. The summed E-state index contributed by atoms with van der Waals surface area (Å²) in [7, 11) is 2.94. The number of anilines is 1. The maximum atomic E-state index is 14.9. The van der Waals surface area contributed by atoms with Crippen LogP contribution in [0, 0.1) is 12.7 Å². The number of aliphatic hydroxyl groups is 1. The molecule has 3 heterocycles. The van der Waals surface area contributed by atoms with E-state index in [-0.39, 0.29) is 39.5 Å². The molecule has 2 atom stereocenters. The minimum absolute atomic E-state index is 0.0299. The van der Waals surface area contributed by atoms with Gasteiger partial charge in [-0.2, -0.15) is 5.10 Å². The second-order valence-electron chi connectivity index (χ2n) is 10.4. The number of methoxy groups -OCH3 is 1. The van der Waals surface area contributed by atoms with Crippen LogP contribution in [-0.2, 0) is 18.3 Å². The molecule has 0 bridgehead atoms. The van der Waals surface area contributed by atoms with Gasteiger partial charge in [-0.3, -0.25) is 9.59 Å². The number of rotatable bonds is 8. The molecule has 230 valence electrons. The Morgan fingerprint density at radius 3 is 2.70 bits per heavy atom. The van der Waals surface area contributed by atoms with E-state index >= 15 is 0 Å².